The molecular formula is C12H22O10S. The molecule has 0 aromatic heterocycles. The van der Waals surface area contributed by atoms with E-state index in [-0.39, 0.29) is 0 Å². The SMILES string of the molecule is OC[C@@H]1O[C@H](S[C@@H]2[C@@H](O)[C@H](O)[C@@H](O)O[C@@H]2CO)[C@@H](O)[C@H](O)[C@H]1O. The fourth-order valence-electron chi connectivity index (χ4n) is 2.57. The van der Waals surface area contributed by atoms with E-state index in [9.17, 15) is 35.7 Å². The second kappa shape index (κ2) is 7.89. The van der Waals surface area contributed by atoms with Gasteiger partial charge >= 0.3 is 0 Å². The van der Waals surface area contributed by atoms with Crippen LogP contribution in [0.5, 0.6) is 0 Å². The molecule has 2 heterocycles. The van der Waals surface area contributed by atoms with E-state index in [4.69, 9.17) is 14.6 Å². The number of rotatable bonds is 4. The first-order chi connectivity index (χ1) is 10.8. The molecule has 10 nitrogen and oxygen atoms in total. The van der Waals surface area contributed by atoms with Crippen molar-refractivity contribution in [3.63, 3.8) is 0 Å². The number of thioether (sulfide) groups is 1. The van der Waals surface area contributed by atoms with Crippen molar-refractivity contribution in [1.82, 2.24) is 0 Å². The Hall–Kier alpha value is -0.0500. The maximum atomic E-state index is 10.0. The number of aliphatic hydroxyl groups is 8. The summed E-state index contributed by atoms with van der Waals surface area (Å²) in [7, 11) is 0. The standard InChI is InChI=1S/C12H22O10S/c13-1-3-5(15)6(16)9(19)12(22-3)23-10-4(2-14)21-11(20)8(18)7(10)17/h3-20H,1-2H2/t3-,4+,5-,6+,7-,8-,9-,10-,11-,12+/m0/s1. The van der Waals surface area contributed by atoms with Gasteiger partial charge in [-0.1, -0.05) is 0 Å². The first kappa shape index (κ1) is 19.3. The van der Waals surface area contributed by atoms with Gasteiger partial charge in [-0.15, -0.1) is 11.8 Å². The monoisotopic (exact) mass is 358 g/mol. The van der Waals surface area contributed by atoms with Crippen molar-refractivity contribution in [2.24, 2.45) is 0 Å². The topological polar surface area (TPSA) is 180 Å². The van der Waals surface area contributed by atoms with Crippen LogP contribution >= 0.6 is 11.8 Å². The second-order valence-corrected chi connectivity index (χ2v) is 6.81. The summed E-state index contributed by atoms with van der Waals surface area (Å²) in [5.74, 6) is 0. The Morgan fingerprint density at radius 1 is 0.652 bits per heavy atom. The maximum Gasteiger partial charge on any atom is 0.183 e. The molecule has 2 aliphatic rings. The van der Waals surface area contributed by atoms with Gasteiger partial charge in [0.1, 0.15) is 36.0 Å². The van der Waals surface area contributed by atoms with Crippen LogP contribution in [0.4, 0.5) is 0 Å². The minimum absolute atomic E-state index is 0.573. The molecule has 2 aliphatic heterocycles. The Kier molecular flexibility index (Phi) is 6.61. The molecule has 0 aromatic carbocycles. The lowest BCUT2D eigenvalue weighted by molar-refractivity contribution is -0.249. The first-order valence-corrected chi connectivity index (χ1v) is 8.02. The van der Waals surface area contributed by atoms with Crippen LogP contribution in [0.2, 0.25) is 0 Å². The largest absolute Gasteiger partial charge is 0.394 e. The van der Waals surface area contributed by atoms with Crippen LogP contribution in [0.3, 0.4) is 0 Å². The molecule has 136 valence electrons. The smallest absolute Gasteiger partial charge is 0.183 e. The van der Waals surface area contributed by atoms with E-state index in [0.29, 0.717) is 0 Å². The van der Waals surface area contributed by atoms with Crippen molar-refractivity contribution in [3.8, 4) is 0 Å². The van der Waals surface area contributed by atoms with Crippen LogP contribution in [0.1, 0.15) is 0 Å². The quantitative estimate of drug-likeness (QED) is 0.242. The third kappa shape index (κ3) is 3.80. The molecule has 2 saturated heterocycles. The summed E-state index contributed by atoms with van der Waals surface area (Å²) in [6.45, 7) is -1.17. The second-order valence-electron chi connectivity index (χ2n) is 5.53. The molecule has 2 fully saturated rings. The molecule has 0 spiro atoms. The van der Waals surface area contributed by atoms with Crippen molar-refractivity contribution >= 4 is 11.8 Å². The molecule has 11 heteroatoms. The van der Waals surface area contributed by atoms with Crippen LogP contribution < -0.4 is 0 Å². The zero-order valence-corrected chi connectivity index (χ0v) is 12.8. The van der Waals surface area contributed by atoms with E-state index in [1.807, 2.05) is 0 Å². The van der Waals surface area contributed by atoms with E-state index in [0.717, 1.165) is 11.8 Å². The van der Waals surface area contributed by atoms with Gasteiger partial charge in [0.15, 0.2) is 6.29 Å². The molecule has 0 aliphatic carbocycles. The highest BCUT2D eigenvalue weighted by Crippen LogP contribution is 2.37. The highest BCUT2D eigenvalue weighted by Gasteiger charge is 2.49. The van der Waals surface area contributed by atoms with Crippen LogP contribution in [-0.2, 0) is 9.47 Å². The van der Waals surface area contributed by atoms with Gasteiger partial charge in [0.05, 0.1) is 30.7 Å². The zero-order valence-electron chi connectivity index (χ0n) is 12.0. The minimum Gasteiger partial charge on any atom is -0.394 e. The highest BCUT2D eigenvalue weighted by atomic mass is 32.2. The minimum atomic E-state index is -1.67. The van der Waals surface area contributed by atoms with Crippen molar-refractivity contribution in [2.75, 3.05) is 13.2 Å². The lowest BCUT2D eigenvalue weighted by Gasteiger charge is -2.44. The summed E-state index contributed by atoms with van der Waals surface area (Å²) in [6, 6.07) is 0. The average molecular weight is 358 g/mol. The van der Waals surface area contributed by atoms with Crippen molar-refractivity contribution in [1.29, 1.82) is 0 Å². The van der Waals surface area contributed by atoms with Crippen LogP contribution in [-0.4, -0.2) is 114 Å². The van der Waals surface area contributed by atoms with E-state index in [1.54, 1.807) is 0 Å². The van der Waals surface area contributed by atoms with E-state index < -0.39 is 72.9 Å². The highest BCUT2D eigenvalue weighted by molar-refractivity contribution is 8.00. The summed E-state index contributed by atoms with van der Waals surface area (Å²) >= 11 is 0.761. The van der Waals surface area contributed by atoms with Gasteiger partial charge in [-0.25, -0.2) is 0 Å². The number of hydrogen-bond acceptors (Lipinski definition) is 11. The predicted octanol–water partition coefficient (Wildman–Crippen LogP) is -4.68. The normalized spacial score (nSPS) is 51.7. The lowest BCUT2D eigenvalue weighted by Crippen LogP contribution is -2.61. The molecule has 0 amide bonds. The van der Waals surface area contributed by atoms with Crippen molar-refractivity contribution in [2.45, 2.75) is 59.7 Å². The summed E-state index contributed by atoms with van der Waals surface area (Å²) in [6.07, 6.45) is -11.6. The van der Waals surface area contributed by atoms with Gasteiger partial charge in [0.2, 0.25) is 0 Å². The van der Waals surface area contributed by atoms with E-state index >= 15 is 0 Å². The van der Waals surface area contributed by atoms with Crippen LogP contribution in [0.25, 0.3) is 0 Å². The van der Waals surface area contributed by atoms with Gasteiger partial charge in [-0.05, 0) is 0 Å². The Bertz CT molecular complexity index is 383. The third-order valence-corrected chi connectivity index (χ3v) is 5.53. The van der Waals surface area contributed by atoms with Crippen molar-refractivity contribution in [3.05, 3.63) is 0 Å². The Morgan fingerprint density at radius 3 is 1.83 bits per heavy atom. The average Bonchev–Trinajstić information content (AvgIpc) is 2.55. The molecule has 0 bridgehead atoms. The van der Waals surface area contributed by atoms with E-state index in [1.165, 1.54) is 0 Å². The molecule has 0 aromatic rings. The van der Waals surface area contributed by atoms with Crippen molar-refractivity contribution < 1.29 is 50.3 Å². The zero-order chi connectivity index (χ0) is 17.3. The Balaban J connectivity index is 2.11. The Labute approximate surface area is 135 Å². The molecule has 2 rings (SSSR count). The molecule has 0 radical (unpaired) electrons. The third-order valence-electron chi connectivity index (χ3n) is 3.98. The maximum absolute atomic E-state index is 10.0. The molecule has 10 atom stereocenters. The molecule has 0 saturated carbocycles. The lowest BCUT2D eigenvalue weighted by atomic mass is 10.0. The predicted molar refractivity (Wildman–Crippen MR) is 75.1 cm³/mol. The molecule has 0 unspecified atom stereocenters. The number of ether oxygens (including phenoxy) is 2. The van der Waals surface area contributed by atoms with Gasteiger partial charge in [-0.2, -0.15) is 0 Å². The summed E-state index contributed by atoms with van der Waals surface area (Å²) < 4.78 is 10.3. The Morgan fingerprint density at radius 2 is 1.26 bits per heavy atom. The fourth-order valence-corrected chi connectivity index (χ4v) is 4.06. The molecular weight excluding hydrogens is 336 g/mol. The summed E-state index contributed by atoms with van der Waals surface area (Å²) in [4.78, 5) is 0. The van der Waals surface area contributed by atoms with E-state index in [2.05, 4.69) is 0 Å². The van der Waals surface area contributed by atoms with Gasteiger partial charge in [0, 0.05) is 0 Å². The summed E-state index contributed by atoms with van der Waals surface area (Å²) in [5, 5.41) is 76.0. The molecule has 23 heavy (non-hydrogen) atoms. The first-order valence-electron chi connectivity index (χ1n) is 7.08. The van der Waals surface area contributed by atoms with Gasteiger partial charge in [-0.3, -0.25) is 0 Å². The van der Waals surface area contributed by atoms with Crippen LogP contribution in [0, 0.1) is 0 Å². The summed E-state index contributed by atoms with van der Waals surface area (Å²) in [5.41, 5.74) is -1.16. The number of hydrogen-bond donors (Lipinski definition) is 8. The van der Waals surface area contributed by atoms with Gasteiger partial charge < -0.3 is 50.3 Å². The number of aliphatic hydroxyl groups excluding tert-OH is 8. The van der Waals surface area contributed by atoms with Crippen LogP contribution in [0.15, 0.2) is 0 Å². The fraction of sp³-hybridized carbons (Fsp3) is 1.00. The van der Waals surface area contributed by atoms with Gasteiger partial charge in [0.25, 0.3) is 0 Å². The molecule has 8 N–H and O–H groups in total.